The summed E-state index contributed by atoms with van der Waals surface area (Å²) in [6, 6.07) is 14.9. The number of fused-ring (bicyclic) bond motifs is 1. The summed E-state index contributed by atoms with van der Waals surface area (Å²) in [5.41, 5.74) is 2.47. The molecule has 0 atom stereocenters. The van der Waals surface area contributed by atoms with Crippen LogP contribution in [0.3, 0.4) is 0 Å². The summed E-state index contributed by atoms with van der Waals surface area (Å²) in [5, 5.41) is 5.37. The van der Waals surface area contributed by atoms with Crippen molar-refractivity contribution >= 4 is 34.8 Å². The molecule has 2 aromatic carbocycles. The maximum absolute atomic E-state index is 12.5. The molecule has 2 aromatic rings. The van der Waals surface area contributed by atoms with Crippen molar-refractivity contribution in [3.8, 4) is 0 Å². The van der Waals surface area contributed by atoms with Gasteiger partial charge in [0.15, 0.2) is 6.54 Å². The molecule has 5 nitrogen and oxygen atoms in total. The maximum atomic E-state index is 12.5. The van der Waals surface area contributed by atoms with Gasteiger partial charge in [0.2, 0.25) is 5.91 Å². The molecule has 3 rings (SSSR count). The molecule has 0 unspecified atom stereocenters. The van der Waals surface area contributed by atoms with Gasteiger partial charge in [0, 0.05) is 10.6 Å². The molecular formula is C17H17ClN3O2+. The lowest BCUT2D eigenvalue weighted by Crippen LogP contribution is -2.85. The number of anilines is 2. The van der Waals surface area contributed by atoms with Gasteiger partial charge in [0.25, 0.3) is 5.91 Å². The van der Waals surface area contributed by atoms with Crippen molar-refractivity contribution in [2.24, 2.45) is 0 Å². The van der Waals surface area contributed by atoms with E-state index < -0.39 is 0 Å². The van der Waals surface area contributed by atoms with Gasteiger partial charge in [-0.25, -0.2) is 0 Å². The van der Waals surface area contributed by atoms with E-state index in [9.17, 15) is 9.59 Å². The fourth-order valence-electron chi connectivity index (χ4n) is 2.59. The molecule has 118 valence electrons. The van der Waals surface area contributed by atoms with Crippen molar-refractivity contribution in [2.45, 2.75) is 6.54 Å². The van der Waals surface area contributed by atoms with Crippen molar-refractivity contribution in [1.29, 1.82) is 0 Å². The van der Waals surface area contributed by atoms with Crippen LogP contribution in [0.15, 0.2) is 48.5 Å². The minimum absolute atomic E-state index is 0.0564. The van der Waals surface area contributed by atoms with E-state index in [4.69, 9.17) is 11.6 Å². The number of hydrogen-bond acceptors (Lipinski definition) is 2. The molecule has 1 heterocycles. The molecule has 0 aromatic heterocycles. The fourth-order valence-corrected chi connectivity index (χ4v) is 2.81. The number of quaternary nitrogens is 1. The van der Waals surface area contributed by atoms with Crippen LogP contribution in [0.5, 0.6) is 0 Å². The molecule has 0 spiro atoms. The van der Waals surface area contributed by atoms with Crippen LogP contribution >= 0.6 is 11.6 Å². The number of nitrogens with zero attached hydrogens (tertiary/aromatic N) is 1. The normalized spacial score (nSPS) is 13.4. The Bertz CT molecular complexity index is 748. The first kappa shape index (κ1) is 15.5. The number of para-hydroxylation sites is 2. The van der Waals surface area contributed by atoms with Crippen LogP contribution in [0.2, 0.25) is 5.02 Å². The lowest BCUT2D eigenvalue weighted by Gasteiger charge is -2.28. The first-order valence-electron chi connectivity index (χ1n) is 7.39. The van der Waals surface area contributed by atoms with Gasteiger partial charge < -0.3 is 10.6 Å². The monoisotopic (exact) mass is 330 g/mol. The molecule has 1 aliphatic heterocycles. The Labute approximate surface area is 139 Å². The average Bonchev–Trinajstić information content (AvgIpc) is 2.54. The minimum atomic E-state index is -0.174. The van der Waals surface area contributed by atoms with Crippen LogP contribution in [-0.4, -0.2) is 24.9 Å². The number of hydrogen-bond donors (Lipinski definition) is 2. The number of benzene rings is 2. The lowest BCUT2D eigenvalue weighted by molar-refractivity contribution is -0.659. The van der Waals surface area contributed by atoms with E-state index >= 15 is 0 Å². The number of nitrogens with one attached hydrogen (secondary N) is 1. The summed E-state index contributed by atoms with van der Waals surface area (Å²) in [7, 11) is 0. The van der Waals surface area contributed by atoms with Crippen LogP contribution in [0.4, 0.5) is 11.4 Å². The van der Waals surface area contributed by atoms with Crippen LogP contribution < -0.4 is 15.5 Å². The first-order valence-corrected chi connectivity index (χ1v) is 7.76. The van der Waals surface area contributed by atoms with E-state index in [1.165, 1.54) is 4.90 Å². The molecule has 23 heavy (non-hydrogen) atoms. The smallest absolute Gasteiger partial charge is 0.282 e. The van der Waals surface area contributed by atoms with Gasteiger partial charge in [-0.1, -0.05) is 35.9 Å². The van der Waals surface area contributed by atoms with E-state index in [0.717, 1.165) is 11.3 Å². The molecule has 0 saturated heterocycles. The van der Waals surface area contributed by atoms with Gasteiger partial charge in [-0.2, -0.15) is 0 Å². The molecule has 3 N–H and O–H groups in total. The second-order valence-corrected chi connectivity index (χ2v) is 5.81. The molecule has 0 saturated carbocycles. The van der Waals surface area contributed by atoms with E-state index in [2.05, 4.69) is 5.32 Å². The number of carbonyl (C=O) groups is 2. The molecule has 0 bridgehead atoms. The lowest BCUT2D eigenvalue weighted by atomic mass is 10.2. The van der Waals surface area contributed by atoms with E-state index in [1.54, 1.807) is 6.07 Å². The van der Waals surface area contributed by atoms with E-state index in [0.29, 0.717) is 17.3 Å². The molecular weight excluding hydrogens is 314 g/mol. The van der Waals surface area contributed by atoms with Gasteiger partial charge in [-0.3, -0.25) is 14.5 Å². The quantitative estimate of drug-likeness (QED) is 0.889. The molecule has 0 aliphatic carbocycles. The van der Waals surface area contributed by atoms with E-state index in [-0.39, 0.29) is 24.9 Å². The Balaban J connectivity index is 1.63. The predicted octanol–water partition coefficient (Wildman–Crippen LogP) is 1.39. The summed E-state index contributed by atoms with van der Waals surface area (Å²) in [6.45, 7) is 0.989. The summed E-state index contributed by atoms with van der Waals surface area (Å²) in [5.74, 6) is -0.263. The fraction of sp³-hybridized carbons (Fsp3) is 0.176. The zero-order valence-electron chi connectivity index (χ0n) is 12.5. The number of carbonyl (C=O) groups excluding carboxylic acids is 2. The summed E-state index contributed by atoms with van der Waals surface area (Å²) in [4.78, 5) is 25.7. The first-order chi connectivity index (χ1) is 11.1. The van der Waals surface area contributed by atoms with Crippen molar-refractivity contribution in [1.82, 2.24) is 0 Å². The average molecular weight is 331 g/mol. The summed E-state index contributed by atoms with van der Waals surface area (Å²) in [6.07, 6.45) is 0. The maximum Gasteiger partial charge on any atom is 0.282 e. The van der Waals surface area contributed by atoms with Crippen LogP contribution in [0.25, 0.3) is 0 Å². The largest absolute Gasteiger partial charge is 0.335 e. The Kier molecular flexibility index (Phi) is 4.60. The van der Waals surface area contributed by atoms with Gasteiger partial charge in [-0.15, -0.1) is 0 Å². The predicted molar refractivity (Wildman–Crippen MR) is 89.4 cm³/mol. The number of rotatable bonds is 4. The van der Waals surface area contributed by atoms with Crippen LogP contribution in [-0.2, 0) is 16.1 Å². The molecule has 0 radical (unpaired) electrons. The number of amides is 2. The Hall–Kier alpha value is -2.37. The Morgan fingerprint density at radius 1 is 1.22 bits per heavy atom. The molecule has 0 fully saturated rings. The molecule has 6 heteroatoms. The SMILES string of the molecule is O=C1CN(C(=O)C[NH2+]Cc2cccc(Cl)c2)c2ccccc2N1. The second kappa shape index (κ2) is 6.81. The Morgan fingerprint density at radius 3 is 2.87 bits per heavy atom. The highest BCUT2D eigenvalue weighted by Crippen LogP contribution is 2.28. The third-order valence-corrected chi connectivity index (χ3v) is 3.89. The van der Waals surface area contributed by atoms with Gasteiger partial charge in [-0.05, 0) is 24.3 Å². The van der Waals surface area contributed by atoms with Crippen molar-refractivity contribution in [3.63, 3.8) is 0 Å². The molecule has 2 amide bonds. The van der Waals surface area contributed by atoms with Crippen molar-refractivity contribution < 1.29 is 14.9 Å². The third kappa shape index (κ3) is 3.70. The topological polar surface area (TPSA) is 66.0 Å². The van der Waals surface area contributed by atoms with Crippen LogP contribution in [0, 0.1) is 0 Å². The second-order valence-electron chi connectivity index (χ2n) is 5.37. The van der Waals surface area contributed by atoms with Crippen molar-refractivity contribution in [3.05, 3.63) is 59.1 Å². The van der Waals surface area contributed by atoms with Gasteiger partial charge >= 0.3 is 0 Å². The zero-order valence-corrected chi connectivity index (χ0v) is 13.2. The zero-order chi connectivity index (χ0) is 16.2. The summed E-state index contributed by atoms with van der Waals surface area (Å²) < 4.78 is 0. The highest BCUT2D eigenvalue weighted by atomic mass is 35.5. The Morgan fingerprint density at radius 2 is 2.04 bits per heavy atom. The van der Waals surface area contributed by atoms with Crippen LogP contribution in [0.1, 0.15) is 5.56 Å². The third-order valence-electron chi connectivity index (χ3n) is 3.66. The standard InChI is InChI=1S/C17H16ClN3O2/c18-13-5-3-4-12(8-13)9-19-10-17(23)21-11-16(22)20-14-6-1-2-7-15(14)21/h1-8,19H,9-11H2,(H,20,22)/p+1. The molecule has 1 aliphatic rings. The number of halogens is 1. The van der Waals surface area contributed by atoms with Gasteiger partial charge in [0.05, 0.1) is 11.4 Å². The minimum Gasteiger partial charge on any atom is -0.335 e. The number of nitrogens with two attached hydrogens (primary N) is 1. The van der Waals surface area contributed by atoms with Crippen molar-refractivity contribution in [2.75, 3.05) is 23.3 Å². The summed E-state index contributed by atoms with van der Waals surface area (Å²) >= 11 is 5.95. The highest BCUT2D eigenvalue weighted by Gasteiger charge is 2.27. The van der Waals surface area contributed by atoms with Gasteiger partial charge in [0.1, 0.15) is 13.1 Å². The highest BCUT2D eigenvalue weighted by molar-refractivity contribution is 6.30. The van der Waals surface area contributed by atoms with E-state index in [1.807, 2.05) is 47.8 Å².